The fourth-order valence-corrected chi connectivity index (χ4v) is 3.62. The van der Waals surface area contributed by atoms with E-state index in [-0.39, 0.29) is 5.91 Å². The fraction of sp³-hybridized carbons (Fsp3) is 0.263. The summed E-state index contributed by atoms with van der Waals surface area (Å²) in [6.07, 6.45) is 0.801. The monoisotopic (exact) mass is 340 g/mol. The van der Waals surface area contributed by atoms with Crippen molar-refractivity contribution in [1.82, 2.24) is 5.32 Å². The summed E-state index contributed by atoms with van der Waals surface area (Å²) >= 11 is 1.69. The number of ether oxygens (including phenoxy) is 1. The van der Waals surface area contributed by atoms with Crippen LogP contribution in [0.1, 0.15) is 29.3 Å². The maximum Gasteiger partial charge on any atom is 0.251 e. The van der Waals surface area contributed by atoms with Gasteiger partial charge in [-0.1, -0.05) is 30.0 Å². The Kier molecular flexibility index (Phi) is 5.33. The predicted molar refractivity (Wildman–Crippen MR) is 97.7 cm³/mol. The van der Waals surface area contributed by atoms with E-state index in [1.165, 1.54) is 4.90 Å². The molecule has 5 heteroatoms. The summed E-state index contributed by atoms with van der Waals surface area (Å²) in [5.41, 5.74) is 3.59. The molecule has 1 aliphatic rings. The summed E-state index contributed by atoms with van der Waals surface area (Å²) in [6.45, 7) is 3.25. The predicted octanol–water partition coefficient (Wildman–Crippen LogP) is 4.06. The summed E-state index contributed by atoms with van der Waals surface area (Å²) in [7, 11) is 1.66. The number of hydrogen-bond donors (Lipinski definition) is 1. The van der Waals surface area contributed by atoms with Gasteiger partial charge in [-0.2, -0.15) is 0 Å². The van der Waals surface area contributed by atoms with Crippen LogP contribution in [-0.4, -0.2) is 31.9 Å². The summed E-state index contributed by atoms with van der Waals surface area (Å²) in [4.78, 5) is 19.3. The number of carbonyl (C=O) groups excluding carboxylic acids is 1. The zero-order valence-electron chi connectivity index (χ0n) is 13.8. The summed E-state index contributed by atoms with van der Waals surface area (Å²) in [5.74, 6) is -0.0754. The van der Waals surface area contributed by atoms with Crippen molar-refractivity contribution in [2.24, 2.45) is 4.99 Å². The Morgan fingerprint density at radius 1 is 1.21 bits per heavy atom. The molecule has 0 aromatic heterocycles. The highest BCUT2D eigenvalue weighted by molar-refractivity contribution is 7.99. The topological polar surface area (TPSA) is 50.7 Å². The van der Waals surface area contributed by atoms with Crippen LogP contribution in [0.3, 0.4) is 0 Å². The second-order valence-electron chi connectivity index (χ2n) is 5.58. The van der Waals surface area contributed by atoms with E-state index < -0.39 is 0 Å². The van der Waals surface area contributed by atoms with Gasteiger partial charge in [0, 0.05) is 46.9 Å². The average molecular weight is 340 g/mol. The molecule has 24 heavy (non-hydrogen) atoms. The standard InChI is InChI=1S/C19H20N2O2S/c1-13-15-6-3-4-7-17(15)24-18-9-8-14(12-16(18)21-13)19(22)20-10-5-11-23-2/h3-4,6-9,12H,5,10-11H2,1-2H3,(H,20,22). The third-order valence-electron chi connectivity index (χ3n) is 3.82. The normalized spacial score (nSPS) is 12.7. The van der Waals surface area contributed by atoms with E-state index in [1.54, 1.807) is 18.9 Å². The first-order chi connectivity index (χ1) is 11.7. The molecule has 0 aliphatic carbocycles. The number of methoxy groups -OCH3 is 1. The molecule has 0 radical (unpaired) electrons. The molecule has 0 saturated heterocycles. The number of benzene rings is 2. The van der Waals surface area contributed by atoms with Crippen molar-refractivity contribution in [2.45, 2.75) is 23.1 Å². The Morgan fingerprint density at radius 3 is 2.88 bits per heavy atom. The Bertz CT molecular complexity index is 787. The lowest BCUT2D eigenvalue weighted by Crippen LogP contribution is -2.25. The van der Waals surface area contributed by atoms with Crippen molar-refractivity contribution >= 4 is 29.1 Å². The molecule has 1 N–H and O–H groups in total. The van der Waals surface area contributed by atoms with Crippen LogP contribution in [0, 0.1) is 0 Å². The van der Waals surface area contributed by atoms with Gasteiger partial charge in [-0.3, -0.25) is 9.79 Å². The molecule has 1 amide bonds. The van der Waals surface area contributed by atoms with Crippen LogP contribution in [-0.2, 0) is 4.74 Å². The van der Waals surface area contributed by atoms with Gasteiger partial charge in [-0.25, -0.2) is 0 Å². The van der Waals surface area contributed by atoms with Crippen molar-refractivity contribution in [1.29, 1.82) is 0 Å². The third-order valence-corrected chi connectivity index (χ3v) is 4.96. The molecule has 4 nitrogen and oxygen atoms in total. The highest BCUT2D eigenvalue weighted by Gasteiger charge is 2.16. The van der Waals surface area contributed by atoms with E-state index in [0.717, 1.165) is 28.3 Å². The van der Waals surface area contributed by atoms with Crippen molar-refractivity contribution in [3.63, 3.8) is 0 Å². The first kappa shape index (κ1) is 16.7. The molecule has 0 spiro atoms. The second-order valence-corrected chi connectivity index (χ2v) is 6.66. The van der Waals surface area contributed by atoms with Gasteiger partial charge in [0.2, 0.25) is 0 Å². The average Bonchev–Trinajstić information content (AvgIpc) is 2.74. The van der Waals surface area contributed by atoms with Crippen LogP contribution in [0.5, 0.6) is 0 Å². The molecular formula is C19H20N2O2S. The molecule has 2 aromatic rings. The lowest BCUT2D eigenvalue weighted by molar-refractivity contribution is 0.0948. The van der Waals surface area contributed by atoms with Gasteiger partial charge in [0.25, 0.3) is 5.91 Å². The van der Waals surface area contributed by atoms with E-state index in [1.807, 2.05) is 37.3 Å². The number of nitrogens with zero attached hydrogens (tertiary/aromatic N) is 1. The fourth-order valence-electron chi connectivity index (χ4n) is 2.57. The van der Waals surface area contributed by atoms with Crippen molar-refractivity contribution in [3.05, 3.63) is 53.6 Å². The van der Waals surface area contributed by atoms with Crippen molar-refractivity contribution in [2.75, 3.05) is 20.3 Å². The van der Waals surface area contributed by atoms with Crippen LogP contribution < -0.4 is 5.32 Å². The van der Waals surface area contributed by atoms with E-state index in [4.69, 9.17) is 9.73 Å². The molecule has 0 unspecified atom stereocenters. The van der Waals surface area contributed by atoms with Crippen LogP contribution in [0.25, 0.3) is 0 Å². The van der Waals surface area contributed by atoms with Gasteiger partial charge < -0.3 is 10.1 Å². The summed E-state index contributed by atoms with van der Waals surface area (Å²) < 4.78 is 4.99. The first-order valence-electron chi connectivity index (χ1n) is 7.93. The third kappa shape index (κ3) is 3.68. The molecule has 1 aliphatic heterocycles. The number of nitrogens with one attached hydrogen (secondary N) is 1. The molecule has 0 bridgehead atoms. The minimum Gasteiger partial charge on any atom is -0.385 e. The van der Waals surface area contributed by atoms with Crippen molar-refractivity contribution < 1.29 is 9.53 Å². The largest absolute Gasteiger partial charge is 0.385 e. The van der Waals surface area contributed by atoms with Crippen LogP contribution in [0.15, 0.2) is 57.2 Å². The number of aliphatic imine (C=N–C) groups is 1. The SMILES string of the molecule is COCCCNC(=O)c1ccc2c(c1)N=C(C)c1ccccc1S2. The molecule has 3 rings (SSSR count). The van der Waals surface area contributed by atoms with E-state index in [0.29, 0.717) is 18.7 Å². The number of hydrogen-bond acceptors (Lipinski definition) is 4. The van der Waals surface area contributed by atoms with Gasteiger partial charge in [-0.05, 0) is 37.6 Å². The number of rotatable bonds is 5. The molecule has 0 fully saturated rings. The smallest absolute Gasteiger partial charge is 0.251 e. The van der Waals surface area contributed by atoms with Gasteiger partial charge in [-0.15, -0.1) is 0 Å². The van der Waals surface area contributed by atoms with Gasteiger partial charge in [0.05, 0.1) is 5.69 Å². The molecule has 0 saturated carbocycles. The Balaban J connectivity index is 1.83. The van der Waals surface area contributed by atoms with Crippen molar-refractivity contribution in [3.8, 4) is 0 Å². The summed E-state index contributed by atoms with van der Waals surface area (Å²) in [5, 5.41) is 2.91. The minimum absolute atomic E-state index is 0.0754. The molecule has 0 atom stereocenters. The maximum atomic E-state index is 12.3. The van der Waals surface area contributed by atoms with Gasteiger partial charge in [0.15, 0.2) is 0 Å². The zero-order chi connectivity index (χ0) is 16.9. The summed E-state index contributed by atoms with van der Waals surface area (Å²) in [6, 6.07) is 13.9. The Morgan fingerprint density at radius 2 is 2.04 bits per heavy atom. The first-order valence-corrected chi connectivity index (χ1v) is 8.74. The van der Waals surface area contributed by atoms with Gasteiger partial charge in [0.1, 0.15) is 0 Å². The van der Waals surface area contributed by atoms with Crippen LogP contribution >= 0.6 is 11.8 Å². The Labute approximate surface area is 146 Å². The molecule has 124 valence electrons. The molecular weight excluding hydrogens is 320 g/mol. The molecule has 2 aromatic carbocycles. The quantitative estimate of drug-likeness (QED) is 0.835. The van der Waals surface area contributed by atoms with E-state index in [2.05, 4.69) is 17.4 Å². The highest BCUT2D eigenvalue weighted by atomic mass is 32.2. The Hall–Kier alpha value is -2.11. The van der Waals surface area contributed by atoms with E-state index in [9.17, 15) is 4.79 Å². The van der Waals surface area contributed by atoms with Crippen LogP contribution in [0.4, 0.5) is 5.69 Å². The van der Waals surface area contributed by atoms with Gasteiger partial charge >= 0.3 is 0 Å². The van der Waals surface area contributed by atoms with Crippen LogP contribution in [0.2, 0.25) is 0 Å². The highest BCUT2D eigenvalue weighted by Crippen LogP contribution is 2.40. The zero-order valence-corrected chi connectivity index (χ0v) is 14.7. The number of amides is 1. The number of fused-ring (bicyclic) bond motifs is 2. The maximum absolute atomic E-state index is 12.3. The lowest BCUT2D eigenvalue weighted by Gasteiger charge is -2.08. The van der Waals surface area contributed by atoms with E-state index >= 15 is 0 Å². The second kappa shape index (κ2) is 7.64. The number of carbonyl (C=O) groups is 1. The molecule has 1 heterocycles. The lowest BCUT2D eigenvalue weighted by atomic mass is 10.1. The minimum atomic E-state index is -0.0754.